The normalized spacial score (nSPS) is 10.7. The quantitative estimate of drug-likeness (QED) is 0.745. The van der Waals surface area contributed by atoms with E-state index in [4.69, 9.17) is 23.2 Å². The first kappa shape index (κ1) is 10.5. The smallest absolute Gasteiger partial charge is 0.177 e. The molecule has 0 saturated heterocycles. The summed E-state index contributed by atoms with van der Waals surface area (Å²) in [5.41, 5.74) is 2.89. The fraction of sp³-hybridized carbons (Fsp3) is 0.182. The molecule has 1 aromatic carbocycles. The Hall–Kier alpha value is -0.990. The molecule has 2 aromatic rings. The van der Waals surface area contributed by atoms with Crippen molar-refractivity contribution < 1.29 is 0 Å². The van der Waals surface area contributed by atoms with Gasteiger partial charge in [0.2, 0.25) is 0 Å². The molecule has 0 N–H and O–H groups in total. The van der Waals surface area contributed by atoms with E-state index >= 15 is 0 Å². The molecule has 1 radical (unpaired) electrons. The van der Waals surface area contributed by atoms with Gasteiger partial charge in [0.15, 0.2) is 6.33 Å². The summed E-state index contributed by atoms with van der Waals surface area (Å²) >= 11 is 11.8. The van der Waals surface area contributed by atoms with Crippen molar-refractivity contribution in [2.75, 3.05) is 0 Å². The van der Waals surface area contributed by atoms with Gasteiger partial charge in [-0.2, -0.15) is 0 Å². The lowest BCUT2D eigenvalue weighted by Gasteiger charge is -2.02. The third-order valence-electron chi connectivity index (χ3n) is 2.35. The van der Waals surface area contributed by atoms with Crippen LogP contribution >= 0.6 is 23.2 Å². The summed E-state index contributed by atoms with van der Waals surface area (Å²) in [6.45, 7) is 1.99. The number of hydrogen-bond donors (Lipinski definition) is 0. The Morgan fingerprint density at radius 2 is 2.00 bits per heavy atom. The van der Waals surface area contributed by atoms with E-state index in [1.54, 1.807) is 6.07 Å². The zero-order valence-electron chi connectivity index (χ0n) is 8.38. The monoisotopic (exact) mass is 239 g/mol. The summed E-state index contributed by atoms with van der Waals surface area (Å²) in [6.07, 6.45) is 2.86. The average Bonchev–Trinajstić information content (AvgIpc) is 2.53. The van der Waals surface area contributed by atoms with Crippen molar-refractivity contribution in [1.82, 2.24) is 9.55 Å². The summed E-state index contributed by atoms with van der Waals surface area (Å²) in [4.78, 5) is 4.19. The van der Waals surface area contributed by atoms with E-state index in [9.17, 15) is 0 Å². The Labute approximate surface area is 98.5 Å². The van der Waals surface area contributed by atoms with Crippen molar-refractivity contribution in [3.63, 3.8) is 0 Å². The van der Waals surface area contributed by atoms with Gasteiger partial charge in [0.05, 0.1) is 15.7 Å². The third-order valence-corrected chi connectivity index (χ3v) is 3.09. The molecule has 4 heteroatoms. The van der Waals surface area contributed by atoms with Crippen LogP contribution in [0.25, 0.3) is 11.3 Å². The molecule has 0 amide bonds. The van der Waals surface area contributed by atoms with Gasteiger partial charge in [-0.15, -0.1) is 0 Å². The molecule has 0 spiro atoms. The van der Waals surface area contributed by atoms with Gasteiger partial charge in [-0.05, 0) is 19.1 Å². The standard InChI is InChI=1S/C11H9Cl2N2/c1-7-11(14-6-15(7)2)8-3-4-9(12)10(13)5-8/h3-5H,1-2H3. The third kappa shape index (κ3) is 1.87. The zero-order valence-corrected chi connectivity index (χ0v) is 9.89. The summed E-state index contributed by atoms with van der Waals surface area (Å²) in [5.74, 6) is 0. The first-order valence-corrected chi connectivity index (χ1v) is 5.21. The lowest BCUT2D eigenvalue weighted by Crippen LogP contribution is -1.89. The predicted octanol–water partition coefficient (Wildman–Crippen LogP) is 3.50. The lowest BCUT2D eigenvalue weighted by atomic mass is 10.1. The SMILES string of the molecule is Cc1c(-c2ccc(Cl)c(Cl)c2)n[c]n1C. The molecule has 2 rings (SSSR count). The van der Waals surface area contributed by atoms with Crippen LogP contribution in [-0.2, 0) is 7.05 Å². The minimum atomic E-state index is 0.541. The second kappa shape index (κ2) is 3.87. The molecule has 1 heterocycles. The minimum Gasteiger partial charge on any atom is -0.328 e. The topological polar surface area (TPSA) is 17.8 Å². The molecule has 0 bridgehead atoms. The van der Waals surface area contributed by atoms with Crippen molar-refractivity contribution >= 4 is 23.2 Å². The molecule has 0 unspecified atom stereocenters. The van der Waals surface area contributed by atoms with Crippen molar-refractivity contribution in [2.45, 2.75) is 6.92 Å². The van der Waals surface area contributed by atoms with Gasteiger partial charge < -0.3 is 4.57 Å². The number of aromatic nitrogens is 2. The minimum absolute atomic E-state index is 0.541. The zero-order chi connectivity index (χ0) is 11.0. The van der Waals surface area contributed by atoms with Crippen LogP contribution in [0.5, 0.6) is 0 Å². The van der Waals surface area contributed by atoms with Gasteiger partial charge in [0, 0.05) is 18.3 Å². The highest BCUT2D eigenvalue weighted by Crippen LogP contribution is 2.28. The highest BCUT2D eigenvalue weighted by Gasteiger charge is 2.08. The van der Waals surface area contributed by atoms with Crippen LogP contribution in [0.3, 0.4) is 0 Å². The van der Waals surface area contributed by atoms with Gasteiger partial charge in [-0.25, -0.2) is 4.98 Å². The van der Waals surface area contributed by atoms with Crippen LogP contribution in [0.15, 0.2) is 18.2 Å². The van der Waals surface area contributed by atoms with E-state index < -0.39 is 0 Å². The number of imidazole rings is 1. The molecular weight excluding hydrogens is 231 g/mol. The van der Waals surface area contributed by atoms with E-state index in [1.807, 2.05) is 30.7 Å². The van der Waals surface area contributed by atoms with Crippen LogP contribution in [0.4, 0.5) is 0 Å². The molecule has 0 atom stereocenters. The van der Waals surface area contributed by atoms with E-state index in [0.29, 0.717) is 10.0 Å². The maximum atomic E-state index is 5.95. The Morgan fingerprint density at radius 1 is 1.27 bits per heavy atom. The molecule has 77 valence electrons. The van der Waals surface area contributed by atoms with E-state index in [-0.39, 0.29) is 0 Å². The fourth-order valence-corrected chi connectivity index (χ4v) is 1.65. The number of nitrogens with zero attached hydrogens (tertiary/aromatic N) is 2. The van der Waals surface area contributed by atoms with Crippen LogP contribution < -0.4 is 0 Å². The number of hydrogen-bond acceptors (Lipinski definition) is 1. The predicted molar refractivity (Wildman–Crippen MR) is 62.2 cm³/mol. The Balaban J connectivity index is 2.55. The number of halogens is 2. The highest BCUT2D eigenvalue weighted by molar-refractivity contribution is 6.42. The molecular formula is C11H9Cl2N2. The van der Waals surface area contributed by atoms with Gasteiger partial charge in [-0.3, -0.25) is 0 Å². The number of aryl methyl sites for hydroxylation is 1. The molecule has 1 aromatic heterocycles. The van der Waals surface area contributed by atoms with Crippen molar-refractivity contribution in [3.05, 3.63) is 40.3 Å². The van der Waals surface area contributed by atoms with Gasteiger partial charge >= 0.3 is 0 Å². The molecule has 0 aliphatic carbocycles. The van der Waals surface area contributed by atoms with Gasteiger partial charge in [-0.1, -0.05) is 29.3 Å². The van der Waals surface area contributed by atoms with Crippen LogP contribution in [0, 0.1) is 13.3 Å². The molecule has 0 aliphatic heterocycles. The van der Waals surface area contributed by atoms with E-state index in [2.05, 4.69) is 11.3 Å². The molecule has 2 nitrogen and oxygen atoms in total. The van der Waals surface area contributed by atoms with E-state index in [1.165, 1.54) is 0 Å². The summed E-state index contributed by atoms with van der Waals surface area (Å²) in [6, 6.07) is 5.48. The van der Waals surface area contributed by atoms with Crippen LogP contribution in [0.2, 0.25) is 10.0 Å². The van der Waals surface area contributed by atoms with Gasteiger partial charge in [0.1, 0.15) is 0 Å². The Morgan fingerprint density at radius 3 is 2.53 bits per heavy atom. The van der Waals surface area contributed by atoms with Crippen molar-refractivity contribution in [1.29, 1.82) is 0 Å². The first-order chi connectivity index (χ1) is 7.09. The molecule has 0 fully saturated rings. The summed E-state index contributed by atoms with van der Waals surface area (Å²) in [5, 5.41) is 1.09. The number of rotatable bonds is 1. The Bertz CT molecular complexity index is 503. The molecule has 0 aliphatic rings. The first-order valence-electron chi connectivity index (χ1n) is 4.46. The molecule has 15 heavy (non-hydrogen) atoms. The number of benzene rings is 1. The maximum Gasteiger partial charge on any atom is 0.177 e. The fourth-order valence-electron chi connectivity index (χ4n) is 1.36. The molecule has 0 saturated carbocycles. The van der Waals surface area contributed by atoms with E-state index in [0.717, 1.165) is 17.0 Å². The second-order valence-corrected chi connectivity index (χ2v) is 4.15. The largest absolute Gasteiger partial charge is 0.328 e. The average molecular weight is 240 g/mol. The second-order valence-electron chi connectivity index (χ2n) is 3.33. The van der Waals surface area contributed by atoms with Crippen molar-refractivity contribution in [3.8, 4) is 11.3 Å². The maximum absolute atomic E-state index is 5.95. The lowest BCUT2D eigenvalue weighted by molar-refractivity contribution is 0.865. The highest BCUT2D eigenvalue weighted by atomic mass is 35.5. The van der Waals surface area contributed by atoms with Crippen molar-refractivity contribution in [2.24, 2.45) is 7.05 Å². The summed E-state index contributed by atoms with van der Waals surface area (Å²) in [7, 11) is 1.91. The van der Waals surface area contributed by atoms with Gasteiger partial charge in [0.25, 0.3) is 0 Å². The van der Waals surface area contributed by atoms with Crippen LogP contribution in [-0.4, -0.2) is 9.55 Å². The van der Waals surface area contributed by atoms with Crippen LogP contribution in [0.1, 0.15) is 5.69 Å². The Kier molecular flexibility index (Phi) is 2.72. The summed E-state index contributed by atoms with van der Waals surface area (Å²) < 4.78 is 1.85.